The van der Waals surface area contributed by atoms with Crippen LogP contribution in [0.5, 0.6) is 5.75 Å². The molecule has 0 aliphatic carbocycles. The molecule has 0 aliphatic rings. The summed E-state index contributed by atoms with van der Waals surface area (Å²) in [6.07, 6.45) is 0.133. The van der Waals surface area contributed by atoms with Crippen LogP contribution in [-0.2, 0) is 13.2 Å². The number of ether oxygens (including phenoxy) is 1. The SMILES string of the molecule is CC(C)Oc1ccc(C(C)NC(=O)NCc2ccccc2CO)cc1. The molecule has 5 heteroatoms. The lowest BCUT2D eigenvalue weighted by Gasteiger charge is -2.17. The molecule has 0 heterocycles. The van der Waals surface area contributed by atoms with Gasteiger partial charge in [-0.25, -0.2) is 4.79 Å². The van der Waals surface area contributed by atoms with Crippen molar-refractivity contribution < 1.29 is 14.6 Å². The second-order valence-electron chi connectivity index (χ2n) is 6.21. The maximum atomic E-state index is 12.1. The number of hydrogen-bond donors (Lipinski definition) is 3. The van der Waals surface area contributed by atoms with E-state index < -0.39 is 0 Å². The second kappa shape index (κ2) is 9.08. The molecule has 0 fully saturated rings. The highest BCUT2D eigenvalue weighted by atomic mass is 16.5. The summed E-state index contributed by atoms with van der Waals surface area (Å²) >= 11 is 0. The largest absolute Gasteiger partial charge is 0.491 e. The molecule has 25 heavy (non-hydrogen) atoms. The van der Waals surface area contributed by atoms with Crippen LogP contribution in [0.25, 0.3) is 0 Å². The molecule has 3 N–H and O–H groups in total. The van der Waals surface area contributed by atoms with E-state index in [1.54, 1.807) is 0 Å². The molecule has 0 saturated heterocycles. The lowest BCUT2D eigenvalue weighted by Crippen LogP contribution is -2.36. The zero-order valence-electron chi connectivity index (χ0n) is 15.0. The number of amides is 2. The third-order valence-corrected chi connectivity index (χ3v) is 3.83. The Labute approximate surface area is 149 Å². The van der Waals surface area contributed by atoms with E-state index in [1.165, 1.54) is 0 Å². The maximum absolute atomic E-state index is 12.1. The summed E-state index contributed by atoms with van der Waals surface area (Å²) < 4.78 is 5.62. The van der Waals surface area contributed by atoms with E-state index in [4.69, 9.17) is 4.74 Å². The topological polar surface area (TPSA) is 70.6 Å². The first-order valence-corrected chi connectivity index (χ1v) is 8.48. The molecule has 0 spiro atoms. The lowest BCUT2D eigenvalue weighted by atomic mass is 10.1. The summed E-state index contributed by atoms with van der Waals surface area (Å²) in [5.74, 6) is 0.816. The number of aliphatic hydroxyl groups excluding tert-OH is 1. The molecule has 1 atom stereocenters. The van der Waals surface area contributed by atoms with Crippen LogP contribution >= 0.6 is 0 Å². The Bertz CT molecular complexity index is 684. The quantitative estimate of drug-likeness (QED) is 0.721. The Morgan fingerprint density at radius 3 is 2.28 bits per heavy atom. The molecule has 2 rings (SSSR count). The first-order valence-electron chi connectivity index (χ1n) is 8.48. The van der Waals surface area contributed by atoms with Crippen LogP contribution in [0.15, 0.2) is 48.5 Å². The summed E-state index contributed by atoms with van der Waals surface area (Å²) in [7, 11) is 0. The van der Waals surface area contributed by atoms with Crippen LogP contribution in [0.4, 0.5) is 4.79 Å². The van der Waals surface area contributed by atoms with E-state index in [9.17, 15) is 9.90 Å². The predicted octanol–water partition coefficient (Wildman–Crippen LogP) is 3.53. The first-order chi connectivity index (χ1) is 12.0. The van der Waals surface area contributed by atoms with Crippen molar-refractivity contribution in [3.05, 3.63) is 65.2 Å². The van der Waals surface area contributed by atoms with Gasteiger partial charge in [0, 0.05) is 6.54 Å². The van der Waals surface area contributed by atoms with Crippen LogP contribution in [0.1, 0.15) is 43.5 Å². The number of urea groups is 1. The summed E-state index contributed by atoms with van der Waals surface area (Å²) in [5, 5.41) is 15.1. The molecule has 2 aromatic rings. The smallest absolute Gasteiger partial charge is 0.315 e. The molecule has 0 aromatic heterocycles. The molecule has 0 bridgehead atoms. The molecule has 2 amide bonds. The summed E-state index contributed by atoms with van der Waals surface area (Å²) in [4.78, 5) is 12.1. The molecule has 0 radical (unpaired) electrons. The van der Waals surface area contributed by atoms with Crippen molar-refractivity contribution in [3.63, 3.8) is 0 Å². The van der Waals surface area contributed by atoms with Crippen molar-refractivity contribution in [1.82, 2.24) is 10.6 Å². The lowest BCUT2D eigenvalue weighted by molar-refractivity contribution is 0.237. The van der Waals surface area contributed by atoms with Crippen molar-refractivity contribution in [2.45, 2.75) is 46.1 Å². The Morgan fingerprint density at radius 2 is 1.68 bits per heavy atom. The fraction of sp³-hybridized carbons (Fsp3) is 0.350. The van der Waals surface area contributed by atoms with Crippen molar-refractivity contribution in [2.24, 2.45) is 0 Å². The van der Waals surface area contributed by atoms with Crippen LogP contribution in [0, 0.1) is 0 Å². The van der Waals surface area contributed by atoms with Crippen molar-refractivity contribution in [1.29, 1.82) is 0 Å². The van der Waals surface area contributed by atoms with Gasteiger partial charge in [0.1, 0.15) is 5.75 Å². The molecule has 2 aromatic carbocycles. The minimum atomic E-state index is -0.247. The van der Waals surface area contributed by atoms with Crippen LogP contribution in [-0.4, -0.2) is 17.2 Å². The van der Waals surface area contributed by atoms with E-state index in [0.717, 1.165) is 22.4 Å². The Hall–Kier alpha value is -2.53. The van der Waals surface area contributed by atoms with Gasteiger partial charge < -0.3 is 20.5 Å². The Balaban J connectivity index is 1.87. The summed E-state index contributed by atoms with van der Waals surface area (Å²) in [5.41, 5.74) is 2.72. The first kappa shape index (κ1) is 18.8. The molecule has 0 aliphatic heterocycles. The van der Waals surface area contributed by atoms with Gasteiger partial charge in [-0.05, 0) is 49.6 Å². The molecule has 0 saturated carbocycles. The zero-order valence-corrected chi connectivity index (χ0v) is 15.0. The highest BCUT2D eigenvalue weighted by molar-refractivity contribution is 5.74. The average molecular weight is 342 g/mol. The van der Waals surface area contributed by atoms with Gasteiger partial charge in [0.05, 0.1) is 18.8 Å². The van der Waals surface area contributed by atoms with Gasteiger partial charge in [0.25, 0.3) is 0 Å². The predicted molar refractivity (Wildman–Crippen MR) is 98.4 cm³/mol. The minimum Gasteiger partial charge on any atom is -0.491 e. The number of carbonyl (C=O) groups is 1. The number of benzene rings is 2. The highest BCUT2D eigenvalue weighted by Gasteiger charge is 2.10. The fourth-order valence-corrected chi connectivity index (χ4v) is 2.50. The van der Waals surface area contributed by atoms with Gasteiger partial charge in [-0.3, -0.25) is 0 Å². The van der Waals surface area contributed by atoms with Gasteiger partial charge in [-0.2, -0.15) is 0 Å². The number of hydrogen-bond acceptors (Lipinski definition) is 3. The second-order valence-corrected chi connectivity index (χ2v) is 6.21. The summed E-state index contributed by atoms with van der Waals surface area (Å²) in [6.45, 7) is 6.23. The van der Waals surface area contributed by atoms with Crippen LogP contribution in [0.3, 0.4) is 0 Å². The van der Waals surface area contributed by atoms with Gasteiger partial charge in [-0.15, -0.1) is 0 Å². The number of aliphatic hydroxyl groups is 1. The third-order valence-electron chi connectivity index (χ3n) is 3.83. The maximum Gasteiger partial charge on any atom is 0.315 e. The average Bonchev–Trinajstić information content (AvgIpc) is 2.60. The van der Waals surface area contributed by atoms with Gasteiger partial charge in [-0.1, -0.05) is 36.4 Å². The van der Waals surface area contributed by atoms with E-state index in [1.807, 2.05) is 69.3 Å². The number of nitrogens with one attached hydrogen (secondary N) is 2. The number of carbonyl (C=O) groups excluding carboxylic acids is 1. The third kappa shape index (κ3) is 5.80. The standard InChI is InChI=1S/C20H26N2O3/c1-14(2)25-19-10-8-16(9-11-19)15(3)22-20(24)21-12-17-6-4-5-7-18(17)13-23/h4-11,14-15,23H,12-13H2,1-3H3,(H2,21,22,24). The molecule has 134 valence electrons. The Kier molecular flexibility index (Phi) is 6.83. The van der Waals surface area contributed by atoms with Crippen molar-refractivity contribution >= 4 is 6.03 Å². The van der Waals surface area contributed by atoms with E-state index in [0.29, 0.717) is 6.54 Å². The van der Waals surface area contributed by atoms with Gasteiger partial charge in [0.15, 0.2) is 0 Å². The van der Waals surface area contributed by atoms with E-state index in [-0.39, 0.29) is 24.8 Å². The van der Waals surface area contributed by atoms with Crippen LogP contribution < -0.4 is 15.4 Å². The number of rotatable bonds is 7. The van der Waals surface area contributed by atoms with Crippen LogP contribution in [0.2, 0.25) is 0 Å². The van der Waals surface area contributed by atoms with E-state index >= 15 is 0 Å². The molecule has 5 nitrogen and oxygen atoms in total. The molecular weight excluding hydrogens is 316 g/mol. The fourth-order valence-electron chi connectivity index (χ4n) is 2.50. The minimum absolute atomic E-state index is 0.0410. The molecular formula is C20H26N2O3. The van der Waals surface area contributed by atoms with Crippen molar-refractivity contribution in [2.75, 3.05) is 0 Å². The highest BCUT2D eigenvalue weighted by Crippen LogP contribution is 2.18. The summed E-state index contributed by atoms with van der Waals surface area (Å²) in [6, 6.07) is 14.8. The van der Waals surface area contributed by atoms with Crippen molar-refractivity contribution in [3.8, 4) is 5.75 Å². The van der Waals surface area contributed by atoms with E-state index in [2.05, 4.69) is 10.6 Å². The zero-order chi connectivity index (χ0) is 18.2. The Morgan fingerprint density at radius 1 is 1.04 bits per heavy atom. The molecule has 1 unspecified atom stereocenters. The van der Waals surface area contributed by atoms with Gasteiger partial charge in [0.2, 0.25) is 0 Å². The monoisotopic (exact) mass is 342 g/mol. The van der Waals surface area contributed by atoms with Gasteiger partial charge >= 0.3 is 6.03 Å². The normalized spacial score (nSPS) is 11.9.